The lowest BCUT2D eigenvalue weighted by Gasteiger charge is -2.25. The van der Waals surface area contributed by atoms with Gasteiger partial charge in [0.25, 0.3) is 11.8 Å². The molecule has 0 saturated carbocycles. The van der Waals surface area contributed by atoms with Crippen LogP contribution in [0.2, 0.25) is 5.02 Å². The van der Waals surface area contributed by atoms with E-state index in [9.17, 15) is 22.8 Å². The van der Waals surface area contributed by atoms with Crippen LogP contribution in [0.1, 0.15) is 38.8 Å². The van der Waals surface area contributed by atoms with Crippen LogP contribution >= 0.6 is 22.9 Å². The van der Waals surface area contributed by atoms with Gasteiger partial charge in [-0.15, -0.1) is 11.3 Å². The summed E-state index contributed by atoms with van der Waals surface area (Å²) >= 11 is 7.90. The molecule has 2 amide bonds. The highest BCUT2D eigenvalue weighted by molar-refractivity contribution is 7.12. The number of carbonyl (C=O) groups is 2. The first kappa shape index (κ1) is 24.0. The van der Waals surface area contributed by atoms with Crippen LogP contribution in [0, 0.1) is 0 Å². The summed E-state index contributed by atoms with van der Waals surface area (Å²) in [5.74, 6) is -1.00. The van der Waals surface area contributed by atoms with Gasteiger partial charge in [0.05, 0.1) is 22.2 Å². The normalized spacial score (nSPS) is 15.9. The van der Waals surface area contributed by atoms with Crippen molar-refractivity contribution in [2.24, 2.45) is 5.10 Å². The van der Waals surface area contributed by atoms with E-state index in [2.05, 4.69) is 5.10 Å². The minimum Gasteiger partial charge on any atom is -0.332 e. The molecule has 0 radical (unpaired) electrons. The summed E-state index contributed by atoms with van der Waals surface area (Å²) in [6, 6.07) is 14.5. The van der Waals surface area contributed by atoms with Gasteiger partial charge in [0.15, 0.2) is 0 Å². The first-order valence-electron chi connectivity index (χ1n) is 10.3. The standard InChI is InChI=1S/C24H19ClF3N3O2S/c1-30(23(33)15-8-10-16(11-9-15)24(26,27)28)14-22(32)31-20(17-5-2-3-6-18(17)25)13-19(29-31)21-7-4-12-34-21/h2-12,20H,13-14H2,1H3/t20-/m1/s1. The molecule has 0 saturated heterocycles. The Kier molecular flexibility index (Phi) is 6.77. The van der Waals surface area contributed by atoms with Crippen molar-refractivity contribution < 1.29 is 22.8 Å². The maximum atomic E-state index is 13.2. The Morgan fingerprint density at radius 3 is 2.44 bits per heavy atom. The van der Waals surface area contributed by atoms with E-state index < -0.39 is 29.6 Å². The predicted molar refractivity (Wildman–Crippen MR) is 125 cm³/mol. The monoisotopic (exact) mass is 505 g/mol. The molecule has 0 bridgehead atoms. The molecule has 176 valence electrons. The zero-order valence-corrected chi connectivity index (χ0v) is 19.5. The van der Waals surface area contributed by atoms with Crippen molar-refractivity contribution in [3.63, 3.8) is 0 Å². The molecule has 34 heavy (non-hydrogen) atoms. The number of likely N-dealkylation sites (N-methyl/N-ethyl adjacent to an activating group) is 1. The molecule has 0 fully saturated rings. The molecule has 5 nitrogen and oxygen atoms in total. The average molecular weight is 506 g/mol. The molecule has 1 atom stereocenters. The number of thiophene rings is 1. The summed E-state index contributed by atoms with van der Waals surface area (Å²) in [5.41, 5.74) is 0.683. The second kappa shape index (κ2) is 9.60. The zero-order valence-electron chi connectivity index (χ0n) is 17.9. The van der Waals surface area contributed by atoms with E-state index in [1.807, 2.05) is 29.6 Å². The SMILES string of the molecule is CN(CC(=O)N1N=C(c2cccs2)C[C@@H]1c1ccccc1Cl)C(=O)c1ccc(C(F)(F)F)cc1. The Morgan fingerprint density at radius 2 is 1.82 bits per heavy atom. The fourth-order valence-electron chi connectivity index (χ4n) is 3.69. The van der Waals surface area contributed by atoms with E-state index in [0.717, 1.165) is 45.3 Å². The molecular formula is C24H19ClF3N3O2S. The number of hydrogen-bond acceptors (Lipinski definition) is 4. The molecule has 0 unspecified atom stereocenters. The maximum absolute atomic E-state index is 13.2. The van der Waals surface area contributed by atoms with Crippen LogP contribution in [-0.4, -0.2) is 41.0 Å². The van der Waals surface area contributed by atoms with Gasteiger partial charge in [0.1, 0.15) is 6.54 Å². The van der Waals surface area contributed by atoms with Gasteiger partial charge in [-0.1, -0.05) is 35.9 Å². The van der Waals surface area contributed by atoms with Crippen LogP contribution in [0.5, 0.6) is 0 Å². The Labute approximate surface area is 203 Å². The second-order valence-electron chi connectivity index (χ2n) is 7.74. The number of alkyl halides is 3. The number of carbonyl (C=O) groups excluding carboxylic acids is 2. The number of amides is 2. The lowest BCUT2D eigenvalue weighted by atomic mass is 10.0. The van der Waals surface area contributed by atoms with E-state index in [0.29, 0.717) is 11.4 Å². The summed E-state index contributed by atoms with van der Waals surface area (Å²) in [6.07, 6.45) is -4.03. The quantitative estimate of drug-likeness (QED) is 0.435. The Bertz CT molecular complexity index is 1230. The highest BCUT2D eigenvalue weighted by Gasteiger charge is 2.35. The zero-order chi connectivity index (χ0) is 24.5. The van der Waals surface area contributed by atoms with Crippen LogP contribution in [0.4, 0.5) is 13.2 Å². The summed E-state index contributed by atoms with van der Waals surface area (Å²) in [5, 5.41) is 8.30. The van der Waals surface area contributed by atoms with Gasteiger partial charge in [-0.3, -0.25) is 9.59 Å². The largest absolute Gasteiger partial charge is 0.416 e. The third kappa shape index (κ3) is 5.00. The van der Waals surface area contributed by atoms with Gasteiger partial charge in [0, 0.05) is 24.1 Å². The van der Waals surface area contributed by atoms with Gasteiger partial charge >= 0.3 is 6.18 Å². The smallest absolute Gasteiger partial charge is 0.332 e. The van der Waals surface area contributed by atoms with Gasteiger partial charge in [-0.2, -0.15) is 18.3 Å². The van der Waals surface area contributed by atoms with Crippen LogP contribution in [0.25, 0.3) is 0 Å². The predicted octanol–water partition coefficient (Wildman–Crippen LogP) is 5.87. The van der Waals surface area contributed by atoms with Crippen LogP contribution in [0.3, 0.4) is 0 Å². The number of hydrazone groups is 1. The molecule has 2 aromatic carbocycles. The van der Waals surface area contributed by atoms with E-state index in [-0.39, 0.29) is 12.1 Å². The van der Waals surface area contributed by atoms with Gasteiger partial charge < -0.3 is 4.90 Å². The first-order chi connectivity index (χ1) is 16.1. The lowest BCUT2D eigenvalue weighted by Crippen LogP contribution is -2.39. The fraction of sp³-hybridized carbons (Fsp3) is 0.208. The van der Waals surface area contributed by atoms with Crippen molar-refractivity contribution in [1.29, 1.82) is 0 Å². The van der Waals surface area contributed by atoms with Crippen molar-refractivity contribution in [1.82, 2.24) is 9.91 Å². The number of halogens is 4. The van der Waals surface area contributed by atoms with Crippen molar-refractivity contribution >= 4 is 40.5 Å². The fourth-order valence-corrected chi connectivity index (χ4v) is 4.67. The molecule has 1 aliphatic rings. The van der Waals surface area contributed by atoms with E-state index in [4.69, 9.17) is 11.6 Å². The van der Waals surface area contributed by atoms with E-state index in [1.165, 1.54) is 23.4 Å². The third-order valence-electron chi connectivity index (χ3n) is 5.41. The van der Waals surface area contributed by atoms with Crippen molar-refractivity contribution in [2.75, 3.05) is 13.6 Å². The first-order valence-corrected chi connectivity index (χ1v) is 11.5. The summed E-state index contributed by atoms with van der Waals surface area (Å²) in [4.78, 5) is 28.0. The highest BCUT2D eigenvalue weighted by Crippen LogP contribution is 2.37. The van der Waals surface area contributed by atoms with Crippen LogP contribution in [0.15, 0.2) is 71.1 Å². The number of hydrogen-bond donors (Lipinski definition) is 0. The molecule has 0 aliphatic carbocycles. The summed E-state index contributed by atoms with van der Waals surface area (Å²) in [6.45, 7) is -0.304. The second-order valence-corrected chi connectivity index (χ2v) is 9.09. The minimum absolute atomic E-state index is 0.0511. The van der Waals surface area contributed by atoms with Crippen LogP contribution in [-0.2, 0) is 11.0 Å². The molecule has 1 aliphatic heterocycles. The average Bonchev–Trinajstić information content (AvgIpc) is 3.48. The molecule has 3 aromatic rings. The summed E-state index contributed by atoms with van der Waals surface area (Å²) < 4.78 is 38.4. The molecule has 4 rings (SSSR count). The highest BCUT2D eigenvalue weighted by atomic mass is 35.5. The third-order valence-corrected chi connectivity index (χ3v) is 6.68. The summed E-state index contributed by atoms with van der Waals surface area (Å²) in [7, 11) is 1.42. The molecular weight excluding hydrogens is 487 g/mol. The molecule has 0 N–H and O–H groups in total. The Balaban J connectivity index is 1.54. The number of benzene rings is 2. The topological polar surface area (TPSA) is 53.0 Å². The van der Waals surface area contributed by atoms with Crippen molar-refractivity contribution in [2.45, 2.75) is 18.6 Å². The Morgan fingerprint density at radius 1 is 1.12 bits per heavy atom. The van der Waals surface area contributed by atoms with E-state index >= 15 is 0 Å². The molecule has 0 spiro atoms. The van der Waals surface area contributed by atoms with Crippen molar-refractivity contribution in [3.8, 4) is 0 Å². The molecule has 10 heteroatoms. The van der Waals surface area contributed by atoms with E-state index in [1.54, 1.807) is 12.1 Å². The molecule has 1 aromatic heterocycles. The number of rotatable bonds is 5. The maximum Gasteiger partial charge on any atom is 0.416 e. The van der Waals surface area contributed by atoms with Crippen molar-refractivity contribution in [3.05, 3.63) is 92.6 Å². The van der Waals surface area contributed by atoms with Gasteiger partial charge in [0.2, 0.25) is 0 Å². The molecule has 2 heterocycles. The number of nitrogens with zero attached hydrogens (tertiary/aromatic N) is 3. The van der Waals surface area contributed by atoms with Crippen LogP contribution < -0.4 is 0 Å². The van der Waals surface area contributed by atoms with Gasteiger partial charge in [-0.25, -0.2) is 5.01 Å². The Hall–Kier alpha value is -3.17. The lowest BCUT2D eigenvalue weighted by molar-refractivity contribution is -0.137. The van der Waals surface area contributed by atoms with Gasteiger partial charge in [-0.05, 0) is 47.3 Å². The minimum atomic E-state index is -4.49.